The highest BCUT2D eigenvalue weighted by atomic mass is 79.9. The molecule has 5 aromatic rings. The van der Waals surface area contributed by atoms with E-state index < -0.39 is 0 Å². The number of carbonyl (C=O) groups excluding carboxylic acids is 1. The Morgan fingerprint density at radius 1 is 1.00 bits per heavy atom. The Hall–Kier alpha value is -4.41. The number of aromatic nitrogens is 2. The smallest absolute Gasteiger partial charge is 0.209 e. The van der Waals surface area contributed by atoms with E-state index in [0.29, 0.717) is 28.1 Å². The van der Waals surface area contributed by atoms with Gasteiger partial charge in [-0.1, -0.05) is 34.1 Å². The first-order chi connectivity index (χ1) is 18.2. The second kappa shape index (κ2) is 9.81. The molecule has 38 heavy (non-hydrogen) atoms. The van der Waals surface area contributed by atoms with E-state index in [9.17, 15) is 10.1 Å². The van der Waals surface area contributed by atoms with Crippen LogP contribution in [-0.2, 0) is 0 Å². The summed E-state index contributed by atoms with van der Waals surface area (Å²) in [7, 11) is 3.96. The molecule has 3 heterocycles. The molecule has 0 unspecified atom stereocenters. The third-order valence-corrected chi connectivity index (χ3v) is 7.18. The number of fused-ring (bicyclic) bond motifs is 1. The lowest BCUT2D eigenvalue weighted by molar-refractivity contribution is 0.103. The number of anilines is 2. The van der Waals surface area contributed by atoms with Crippen LogP contribution in [0.2, 0.25) is 0 Å². The molecule has 0 saturated heterocycles. The number of nitrogens with two attached hydrogens (primary N) is 1. The highest BCUT2D eigenvalue weighted by Gasteiger charge is 2.22. The maximum atomic E-state index is 13.7. The van der Waals surface area contributed by atoms with Gasteiger partial charge in [-0.15, -0.1) is 0 Å². The monoisotopic (exact) mass is 563 g/mol. The minimum atomic E-state index is -0.0927. The molecule has 0 amide bonds. The Bertz CT molecular complexity index is 1740. The summed E-state index contributed by atoms with van der Waals surface area (Å²) in [5.41, 5.74) is 14.7. The number of hydrogen-bond acceptors (Lipinski definition) is 5. The molecule has 0 aliphatic carbocycles. The fourth-order valence-electron chi connectivity index (χ4n) is 4.82. The molecule has 0 aliphatic rings. The second-order valence-electron chi connectivity index (χ2n) is 9.57. The van der Waals surface area contributed by atoms with Crippen LogP contribution in [0.25, 0.3) is 27.9 Å². The van der Waals surface area contributed by atoms with Crippen molar-refractivity contribution >= 4 is 38.7 Å². The largest absolute Gasteiger partial charge is 0.383 e. The van der Waals surface area contributed by atoms with Gasteiger partial charge in [-0.25, -0.2) is 4.98 Å². The zero-order valence-corrected chi connectivity index (χ0v) is 23.2. The fourth-order valence-corrected chi connectivity index (χ4v) is 5.08. The predicted octanol–water partition coefficient (Wildman–Crippen LogP) is 6.80. The van der Waals surface area contributed by atoms with Gasteiger partial charge in [0.15, 0.2) is 0 Å². The molecule has 0 saturated carbocycles. The molecule has 188 valence electrons. The zero-order chi connectivity index (χ0) is 27.1. The van der Waals surface area contributed by atoms with Gasteiger partial charge in [-0.3, -0.25) is 4.79 Å². The maximum absolute atomic E-state index is 13.7. The minimum Gasteiger partial charge on any atom is -0.383 e. The summed E-state index contributed by atoms with van der Waals surface area (Å²) in [6.07, 6.45) is 1.96. The van der Waals surface area contributed by atoms with E-state index in [1.54, 1.807) is 0 Å². The normalized spacial score (nSPS) is 10.9. The first kappa shape index (κ1) is 25.2. The van der Waals surface area contributed by atoms with E-state index in [1.165, 1.54) is 0 Å². The van der Waals surface area contributed by atoms with Crippen molar-refractivity contribution in [3.63, 3.8) is 0 Å². The third-order valence-electron chi connectivity index (χ3n) is 6.66. The topological polar surface area (TPSA) is 87.4 Å². The quantitative estimate of drug-likeness (QED) is 0.237. The standard InChI is InChI=1S/C31H26BrN5O/c1-18-13-19(2)29-25(15-28(37(29)17-18)30(38)21-5-9-22(32)10-6-21)27-14-24(26(16-33)31(34)35-27)20-7-11-23(12-8-20)36(3)4/h5-15,17H,1-4H3,(H2,34,35). The van der Waals surface area contributed by atoms with Gasteiger partial charge in [0.1, 0.15) is 17.5 Å². The average molecular weight is 564 g/mol. The van der Waals surface area contributed by atoms with E-state index >= 15 is 0 Å². The number of aryl methyl sites for hydroxylation is 2. The van der Waals surface area contributed by atoms with Gasteiger partial charge in [0, 0.05) is 47.1 Å². The van der Waals surface area contributed by atoms with Gasteiger partial charge < -0.3 is 15.0 Å². The van der Waals surface area contributed by atoms with E-state index in [-0.39, 0.29) is 11.6 Å². The first-order valence-corrected chi connectivity index (χ1v) is 12.9. The second-order valence-corrected chi connectivity index (χ2v) is 10.5. The Balaban J connectivity index is 1.74. The molecule has 0 atom stereocenters. The van der Waals surface area contributed by atoms with Gasteiger partial charge in [0.05, 0.1) is 16.9 Å². The van der Waals surface area contributed by atoms with Crippen LogP contribution >= 0.6 is 15.9 Å². The summed E-state index contributed by atoms with van der Waals surface area (Å²) in [6.45, 7) is 4.03. The molecule has 3 aromatic heterocycles. The summed E-state index contributed by atoms with van der Waals surface area (Å²) in [5, 5.41) is 9.90. The number of carbonyl (C=O) groups is 1. The molecule has 2 aromatic carbocycles. The van der Waals surface area contributed by atoms with Crippen LogP contribution in [-0.4, -0.2) is 29.3 Å². The van der Waals surface area contributed by atoms with Crippen molar-refractivity contribution in [2.45, 2.75) is 13.8 Å². The summed E-state index contributed by atoms with van der Waals surface area (Å²) >= 11 is 3.44. The lowest BCUT2D eigenvalue weighted by Crippen LogP contribution is -2.08. The highest BCUT2D eigenvalue weighted by Crippen LogP contribution is 2.36. The summed E-state index contributed by atoms with van der Waals surface area (Å²) < 4.78 is 2.84. The Labute approximate surface area is 230 Å². The SMILES string of the molecule is Cc1cc(C)c2c(-c3cc(-c4ccc(N(C)C)cc4)c(C#N)c(N)n3)cc(C(=O)c3ccc(Br)cc3)n2c1. The van der Waals surface area contributed by atoms with Crippen LogP contribution in [0.15, 0.2) is 77.4 Å². The van der Waals surface area contributed by atoms with Gasteiger partial charge in [-0.05, 0) is 79.1 Å². The zero-order valence-electron chi connectivity index (χ0n) is 21.6. The lowest BCUT2D eigenvalue weighted by atomic mass is 9.97. The van der Waals surface area contributed by atoms with Crippen molar-refractivity contribution in [3.8, 4) is 28.5 Å². The molecular formula is C31H26BrN5O. The molecular weight excluding hydrogens is 538 g/mol. The number of nitrogens with zero attached hydrogens (tertiary/aromatic N) is 4. The summed E-state index contributed by atoms with van der Waals surface area (Å²) in [6, 6.07) is 23.4. The van der Waals surface area contributed by atoms with Gasteiger partial charge in [-0.2, -0.15) is 5.26 Å². The van der Waals surface area contributed by atoms with Crippen molar-refractivity contribution in [1.29, 1.82) is 5.26 Å². The average Bonchev–Trinajstić information content (AvgIpc) is 3.28. The Morgan fingerprint density at radius 2 is 1.68 bits per heavy atom. The fraction of sp³-hybridized carbons (Fsp3) is 0.129. The summed E-state index contributed by atoms with van der Waals surface area (Å²) in [4.78, 5) is 20.3. The van der Waals surface area contributed by atoms with Crippen LogP contribution in [0, 0.1) is 25.2 Å². The molecule has 6 nitrogen and oxygen atoms in total. The number of hydrogen-bond donors (Lipinski definition) is 1. The van der Waals surface area contributed by atoms with Crippen LogP contribution in [0.1, 0.15) is 32.7 Å². The van der Waals surface area contributed by atoms with Crippen LogP contribution in [0.5, 0.6) is 0 Å². The van der Waals surface area contributed by atoms with Crippen LogP contribution in [0.4, 0.5) is 11.5 Å². The maximum Gasteiger partial charge on any atom is 0.209 e. The van der Waals surface area contributed by atoms with Crippen LogP contribution in [0.3, 0.4) is 0 Å². The number of rotatable bonds is 5. The van der Waals surface area contributed by atoms with Crippen molar-refractivity contribution in [1.82, 2.24) is 9.38 Å². The molecule has 0 radical (unpaired) electrons. The lowest BCUT2D eigenvalue weighted by Gasteiger charge is -2.14. The molecule has 5 rings (SSSR count). The Morgan fingerprint density at radius 3 is 2.32 bits per heavy atom. The molecule has 0 spiro atoms. The van der Waals surface area contributed by atoms with Gasteiger partial charge >= 0.3 is 0 Å². The molecule has 0 fully saturated rings. The minimum absolute atomic E-state index is 0.0927. The number of pyridine rings is 2. The van der Waals surface area contributed by atoms with Crippen molar-refractivity contribution in [2.24, 2.45) is 0 Å². The molecule has 7 heteroatoms. The van der Waals surface area contributed by atoms with E-state index in [4.69, 9.17) is 5.73 Å². The predicted molar refractivity (Wildman–Crippen MR) is 157 cm³/mol. The third kappa shape index (κ3) is 4.44. The van der Waals surface area contributed by atoms with E-state index in [1.807, 2.05) is 104 Å². The number of nitriles is 1. The number of nitrogen functional groups attached to an aromatic ring is 1. The highest BCUT2D eigenvalue weighted by molar-refractivity contribution is 9.10. The molecule has 0 bridgehead atoms. The first-order valence-electron chi connectivity index (χ1n) is 12.1. The molecule has 0 aliphatic heterocycles. The Kier molecular flexibility index (Phi) is 6.52. The van der Waals surface area contributed by atoms with E-state index in [0.717, 1.165) is 37.9 Å². The van der Waals surface area contributed by atoms with Gasteiger partial charge in [0.25, 0.3) is 0 Å². The number of benzene rings is 2. The number of halogens is 1. The van der Waals surface area contributed by atoms with Crippen molar-refractivity contribution in [2.75, 3.05) is 24.7 Å². The van der Waals surface area contributed by atoms with Crippen LogP contribution < -0.4 is 10.6 Å². The van der Waals surface area contributed by atoms with E-state index in [2.05, 4.69) is 33.0 Å². The molecule has 2 N–H and O–H groups in total. The van der Waals surface area contributed by atoms with Crippen molar-refractivity contribution in [3.05, 3.63) is 105 Å². The van der Waals surface area contributed by atoms with Crippen molar-refractivity contribution < 1.29 is 4.79 Å². The number of ketones is 1. The summed E-state index contributed by atoms with van der Waals surface area (Å²) in [5.74, 6) is 0.0615. The van der Waals surface area contributed by atoms with Gasteiger partial charge in [0.2, 0.25) is 5.78 Å².